The molecule has 1 aliphatic rings. The SMILES string of the molecule is COc1ccc(/C=C/C[C@@H]2C[C@@H]([C@@H](OC(C)=O)c3ccc(OC)c(OC)c3)CO[C@H]2c2ccc(OC)c(OC)c2)cc1OC. The molecule has 9 nitrogen and oxygen atoms in total. The molecule has 1 heterocycles. The van der Waals surface area contributed by atoms with Gasteiger partial charge in [-0.15, -0.1) is 0 Å². The lowest BCUT2D eigenvalue weighted by atomic mass is 9.79. The van der Waals surface area contributed by atoms with Crippen molar-refractivity contribution in [2.75, 3.05) is 49.3 Å². The Morgan fingerprint density at radius 1 is 0.773 bits per heavy atom. The number of ether oxygens (including phenoxy) is 8. The van der Waals surface area contributed by atoms with E-state index in [4.69, 9.17) is 37.9 Å². The number of methoxy groups -OCH3 is 6. The van der Waals surface area contributed by atoms with Crippen LogP contribution in [0.4, 0.5) is 0 Å². The molecule has 0 amide bonds. The van der Waals surface area contributed by atoms with Crippen LogP contribution in [0.5, 0.6) is 34.5 Å². The summed E-state index contributed by atoms with van der Waals surface area (Å²) in [5.41, 5.74) is 2.79. The van der Waals surface area contributed by atoms with Gasteiger partial charge in [0.1, 0.15) is 6.10 Å². The third-order valence-corrected chi connectivity index (χ3v) is 7.87. The highest BCUT2D eigenvalue weighted by molar-refractivity contribution is 5.66. The van der Waals surface area contributed by atoms with E-state index < -0.39 is 6.10 Å². The monoisotopic (exact) mass is 606 g/mol. The number of hydrogen-bond donors (Lipinski definition) is 0. The molecule has 44 heavy (non-hydrogen) atoms. The van der Waals surface area contributed by atoms with Gasteiger partial charge in [0, 0.05) is 12.8 Å². The Kier molecular flexibility index (Phi) is 11.4. The minimum absolute atomic E-state index is 0.0569. The maximum atomic E-state index is 12.3. The predicted octanol–water partition coefficient (Wildman–Crippen LogP) is 6.84. The average Bonchev–Trinajstić information content (AvgIpc) is 3.06. The van der Waals surface area contributed by atoms with Crippen molar-refractivity contribution >= 4 is 12.0 Å². The van der Waals surface area contributed by atoms with Crippen LogP contribution in [0.25, 0.3) is 6.08 Å². The third-order valence-electron chi connectivity index (χ3n) is 7.87. The fourth-order valence-electron chi connectivity index (χ4n) is 5.75. The molecule has 0 unspecified atom stereocenters. The molecule has 0 N–H and O–H groups in total. The maximum Gasteiger partial charge on any atom is 0.303 e. The minimum Gasteiger partial charge on any atom is -0.493 e. The minimum atomic E-state index is -0.531. The highest BCUT2D eigenvalue weighted by Crippen LogP contribution is 2.46. The molecule has 1 aliphatic heterocycles. The molecule has 1 fully saturated rings. The Hall–Kier alpha value is -4.37. The molecule has 0 aliphatic carbocycles. The lowest BCUT2D eigenvalue weighted by molar-refractivity contribution is -0.157. The quantitative estimate of drug-likeness (QED) is 0.194. The largest absolute Gasteiger partial charge is 0.493 e. The maximum absolute atomic E-state index is 12.3. The predicted molar refractivity (Wildman–Crippen MR) is 167 cm³/mol. The number of carbonyl (C=O) groups is 1. The number of carbonyl (C=O) groups excluding carboxylic acids is 1. The smallest absolute Gasteiger partial charge is 0.303 e. The van der Waals surface area contributed by atoms with E-state index in [2.05, 4.69) is 12.2 Å². The van der Waals surface area contributed by atoms with Crippen molar-refractivity contribution in [1.29, 1.82) is 0 Å². The molecule has 0 spiro atoms. The number of hydrogen-bond acceptors (Lipinski definition) is 9. The van der Waals surface area contributed by atoms with Gasteiger partial charge in [0.05, 0.1) is 55.4 Å². The summed E-state index contributed by atoms with van der Waals surface area (Å²) in [6.45, 7) is 1.81. The third kappa shape index (κ3) is 7.58. The van der Waals surface area contributed by atoms with E-state index in [0.717, 1.165) is 23.1 Å². The van der Waals surface area contributed by atoms with Gasteiger partial charge in [-0.25, -0.2) is 0 Å². The van der Waals surface area contributed by atoms with Gasteiger partial charge in [-0.3, -0.25) is 4.79 Å². The Labute approximate surface area is 259 Å². The molecule has 3 aromatic carbocycles. The summed E-state index contributed by atoms with van der Waals surface area (Å²) in [7, 11) is 9.65. The normalized spacial score (nSPS) is 18.8. The zero-order valence-electron chi connectivity index (χ0n) is 26.5. The molecule has 4 atom stereocenters. The van der Waals surface area contributed by atoms with Crippen LogP contribution in [0.2, 0.25) is 0 Å². The van der Waals surface area contributed by atoms with Gasteiger partial charge >= 0.3 is 5.97 Å². The van der Waals surface area contributed by atoms with E-state index in [9.17, 15) is 4.79 Å². The molecule has 0 bridgehead atoms. The fraction of sp³-hybridized carbons (Fsp3) is 0.400. The van der Waals surface area contributed by atoms with Gasteiger partial charge in [0.25, 0.3) is 0 Å². The second-order valence-electron chi connectivity index (χ2n) is 10.5. The summed E-state index contributed by atoms with van der Waals surface area (Å²) in [5, 5.41) is 0. The number of benzene rings is 3. The first kappa shape index (κ1) is 32.5. The first-order valence-corrected chi connectivity index (χ1v) is 14.5. The number of rotatable bonds is 13. The van der Waals surface area contributed by atoms with Gasteiger partial charge < -0.3 is 37.9 Å². The molecule has 0 saturated carbocycles. The van der Waals surface area contributed by atoms with Gasteiger partial charge in [-0.1, -0.05) is 30.4 Å². The lowest BCUT2D eigenvalue weighted by Gasteiger charge is -2.39. The second-order valence-corrected chi connectivity index (χ2v) is 10.5. The van der Waals surface area contributed by atoms with Crippen LogP contribution >= 0.6 is 0 Å². The fourth-order valence-corrected chi connectivity index (χ4v) is 5.75. The van der Waals surface area contributed by atoms with Crippen molar-refractivity contribution in [3.8, 4) is 34.5 Å². The molecular formula is C35H42O9. The van der Waals surface area contributed by atoms with E-state index in [0.29, 0.717) is 47.5 Å². The zero-order valence-corrected chi connectivity index (χ0v) is 26.5. The van der Waals surface area contributed by atoms with Crippen molar-refractivity contribution in [3.05, 3.63) is 77.4 Å². The van der Waals surface area contributed by atoms with E-state index in [1.807, 2.05) is 54.6 Å². The molecule has 9 heteroatoms. The molecule has 4 rings (SSSR count). The standard InChI is InChI=1S/C35H42O9/c1-22(36)44-35(26-13-16-30(39-4)33(20-26)42-7)27-18-24(10-8-9-23-11-14-28(37-2)31(17-23)40-5)34(43-21-27)25-12-15-29(38-3)32(19-25)41-6/h8-9,11-17,19-20,24,27,34-35H,10,18,21H2,1-7H3/b9-8+/t24-,27-,34-,35+/m1/s1. The van der Waals surface area contributed by atoms with Gasteiger partial charge in [0.15, 0.2) is 34.5 Å². The summed E-state index contributed by atoms with van der Waals surface area (Å²) in [6.07, 6.45) is 4.91. The van der Waals surface area contributed by atoms with Crippen LogP contribution in [-0.2, 0) is 14.3 Å². The first-order valence-electron chi connectivity index (χ1n) is 14.5. The van der Waals surface area contributed by atoms with Gasteiger partial charge in [0.2, 0.25) is 0 Å². The first-order chi connectivity index (χ1) is 21.3. The van der Waals surface area contributed by atoms with Crippen LogP contribution < -0.4 is 28.4 Å². The van der Waals surface area contributed by atoms with E-state index >= 15 is 0 Å². The highest BCUT2D eigenvalue weighted by Gasteiger charge is 2.38. The molecule has 236 valence electrons. The van der Waals surface area contributed by atoms with Crippen LogP contribution in [-0.4, -0.2) is 55.2 Å². The lowest BCUT2D eigenvalue weighted by Crippen LogP contribution is -2.33. The molecule has 0 aromatic heterocycles. The van der Waals surface area contributed by atoms with E-state index in [1.165, 1.54) is 6.92 Å². The summed E-state index contributed by atoms with van der Waals surface area (Å²) < 4.78 is 45.4. The number of allylic oxidation sites excluding steroid dienone is 1. The van der Waals surface area contributed by atoms with Crippen molar-refractivity contribution in [3.63, 3.8) is 0 Å². The molecule has 1 saturated heterocycles. The summed E-state index contributed by atoms with van der Waals surface area (Å²) >= 11 is 0. The van der Waals surface area contributed by atoms with Crippen molar-refractivity contribution in [2.24, 2.45) is 11.8 Å². The zero-order chi connectivity index (χ0) is 31.6. The Bertz CT molecular complexity index is 1430. The average molecular weight is 607 g/mol. The van der Waals surface area contributed by atoms with Gasteiger partial charge in [-0.2, -0.15) is 0 Å². The van der Waals surface area contributed by atoms with Gasteiger partial charge in [-0.05, 0) is 71.8 Å². The van der Waals surface area contributed by atoms with E-state index in [-0.39, 0.29) is 23.9 Å². The topological polar surface area (TPSA) is 90.9 Å². The summed E-state index contributed by atoms with van der Waals surface area (Å²) in [6, 6.07) is 17.3. The van der Waals surface area contributed by atoms with Crippen LogP contribution in [0.3, 0.4) is 0 Å². The van der Waals surface area contributed by atoms with E-state index in [1.54, 1.807) is 42.7 Å². The van der Waals surface area contributed by atoms with Crippen molar-refractivity contribution in [2.45, 2.75) is 32.0 Å². The molecule has 0 radical (unpaired) electrons. The molecular weight excluding hydrogens is 564 g/mol. The highest BCUT2D eigenvalue weighted by atomic mass is 16.5. The Morgan fingerprint density at radius 2 is 1.34 bits per heavy atom. The summed E-state index contributed by atoms with van der Waals surface area (Å²) in [5.74, 6) is 3.38. The van der Waals surface area contributed by atoms with Crippen molar-refractivity contribution < 1.29 is 42.7 Å². The Balaban J connectivity index is 1.66. The molecule has 3 aromatic rings. The Morgan fingerprint density at radius 3 is 1.95 bits per heavy atom. The number of esters is 1. The summed E-state index contributed by atoms with van der Waals surface area (Å²) in [4.78, 5) is 12.3. The van der Waals surface area contributed by atoms with Crippen LogP contribution in [0.1, 0.15) is 48.7 Å². The van der Waals surface area contributed by atoms with Crippen LogP contribution in [0.15, 0.2) is 60.7 Å². The van der Waals surface area contributed by atoms with Crippen LogP contribution in [0, 0.1) is 11.8 Å². The second kappa shape index (κ2) is 15.4. The van der Waals surface area contributed by atoms with Crippen molar-refractivity contribution in [1.82, 2.24) is 0 Å².